The third-order valence-electron chi connectivity index (χ3n) is 3.11. The van der Waals surface area contributed by atoms with Crippen LogP contribution in [-0.2, 0) is 4.79 Å². The minimum atomic E-state index is -0.645. The topological polar surface area (TPSA) is 52.9 Å². The summed E-state index contributed by atoms with van der Waals surface area (Å²) in [5, 5.41) is 12.0. The molecule has 0 heterocycles. The molecule has 1 aliphatic rings. The van der Waals surface area contributed by atoms with E-state index in [1.807, 2.05) is 18.7 Å². The van der Waals surface area contributed by atoms with E-state index >= 15 is 0 Å². The Hall–Kier alpha value is -0.690. The molecule has 0 spiro atoms. The first-order valence-electron chi connectivity index (χ1n) is 6.63. The van der Waals surface area contributed by atoms with Crippen LogP contribution in [0.5, 0.6) is 0 Å². The van der Waals surface area contributed by atoms with E-state index < -0.39 is 5.54 Å². The van der Waals surface area contributed by atoms with Gasteiger partial charge < -0.3 is 5.32 Å². The first-order chi connectivity index (χ1) is 8.27. The summed E-state index contributed by atoms with van der Waals surface area (Å²) in [6.45, 7) is 8.37. The van der Waals surface area contributed by atoms with Crippen LogP contribution in [0.4, 0.5) is 0 Å². The molecule has 3 nitrogen and oxygen atoms in total. The Kier molecular flexibility index (Phi) is 5.10. The number of amides is 1. The van der Waals surface area contributed by atoms with Gasteiger partial charge in [-0.1, -0.05) is 20.8 Å². The lowest BCUT2D eigenvalue weighted by Crippen LogP contribution is -2.46. The number of nitrogens with one attached hydrogen (secondary N) is 1. The molecule has 1 aliphatic carbocycles. The van der Waals surface area contributed by atoms with E-state index in [0.717, 1.165) is 25.0 Å². The Balaban J connectivity index is 2.23. The molecular weight excluding hydrogens is 244 g/mol. The standard InChI is InChI=1S/C14H24N2OS/c1-13(2,3)18-9-5-6-12(17)16-14(4,10-15)11-7-8-11/h11H,5-9H2,1-4H3,(H,16,17). The minimum Gasteiger partial charge on any atom is -0.338 e. The van der Waals surface area contributed by atoms with Crippen LogP contribution in [0.15, 0.2) is 0 Å². The van der Waals surface area contributed by atoms with Gasteiger partial charge >= 0.3 is 0 Å². The Morgan fingerprint density at radius 1 is 1.39 bits per heavy atom. The maximum absolute atomic E-state index is 11.8. The Morgan fingerprint density at radius 3 is 2.44 bits per heavy atom. The van der Waals surface area contributed by atoms with Crippen molar-refractivity contribution in [3.63, 3.8) is 0 Å². The third kappa shape index (κ3) is 5.30. The molecule has 0 aromatic rings. The van der Waals surface area contributed by atoms with E-state index in [0.29, 0.717) is 12.3 Å². The second kappa shape index (κ2) is 5.97. The van der Waals surface area contributed by atoms with Crippen molar-refractivity contribution in [2.24, 2.45) is 5.92 Å². The van der Waals surface area contributed by atoms with Crippen LogP contribution < -0.4 is 5.32 Å². The summed E-state index contributed by atoms with van der Waals surface area (Å²) < 4.78 is 0.256. The van der Waals surface area contributed by atoms with E-state index in [9.17, 15) is 4.79 Å². The van der Waals surface area contributed by atoms with E-state index in [2.05, 4.69) is 32.2 Å². The molecule has 1 saturated carbocycles. The van der Waals surface area contributed by atoms with Crippen LogP contribution in [0.2, 0.25) is 0 Å². The lowest BCUT2D eigenvalue weighted by atomic mass is 9.97. The number of carbonyl (C=O) groups is 1. The van der Waals surface area contributed by atoms with Crippen molar-refractivity contribution in [3.8, 4) is 6.07 Å². The molecule has 1 atom stereocenters. The summed E-state index contributed by atoms with van der Waals surface area (Å²) in [4.78, 5) is 11.8. The predicted molar refractivity (Wildman–Crippen MR) is 76.3 cm³/mol. The lowest BCUT2D eigenvalue weighted by Gasteiger charge is -2.23. The molecule has 0 saturated heterocycles. The SMILES string of the molecule is CC(C)(C)SCCCC(=O)NC(C)(C#N)C1CC1. The Morgan fingerprint density at radius 2 is 2.00 bits per heavy atom. The monoisotopic (exact) mass is 268 g/mol. The molecule has 0 radical (unpaired) electrons. The maximum atomic E-state index is 11.8. The molecule has 0 aromatic heterocycles. The highest BCUT2D eigenvalue weighted by Crippen LogP contribution is 2.39. The quantitative estimate of drug-likeness (QED) is 0.753. The number of nitrogens with zero attached hydrogens (tertiary/aromatic N) is 1. The normalized spacial score (nSPS) is 18.8. The highest BCUT2D eigenvalue weighted by Gasteiger charge is 2.42. The molecule has 1 amide bonds. The predicted octanol–water partition coefficient (Wildman–Crippen LogP) is 3.11. The summed E-state index contributed by atoms with van der Waals surface area (Å²) >= 11 is 1.87. The van der Waals surface area contributed by atoms with Gasteiger partial charge in [0.2, 0.25) is 5.91 Å². The van der Waals surface area contributed by atoms with Crippen molar-refractivity contribution in [1.29, 1.82) is 5.26 Å². The van der Waals surface area contributed by atoms with Crippen LogP contribution >= 0.6 is 11.8 Å². The van der Waals surface area contributed by atoms with Crippen LogP contribution in [0, 0.1) is 17.2 Å². The molecule has 0 bridgehead atoms. The minimum absolute atomic E-state index is 0.0143. The number of rotatable bonds is 6. The van der Waals surface area contributed by atoms with Crippen LogP contribution in [-0.4, -0.2) is 21.9 Å². The van der Waals surface area contributed by atoms with E-state index in [1.165, 1.54) is 0 Å². The van der Waals surface area contributed by atoms with Crippen molar-refractivity contribution in [3.05, 3.63) is 0 Å². The van der Waals surface area contributed by atoms with Crippen molar-refractivity contribution < 1.29 is 4.79 Å². The zero-order valence-corrected chi connectivity index (χ0v) is 12.7. The molecule has 1 N–H and O–H groups in total. The molecule has 102 valence electrons. The second-order valence-corrected chi connectivity index (χ2v) is 8.12. The lowest BCUT2D eigenvalue weighted by molar-refractivity contribution is -0.122. The largest absolute Gasteiger partial charge is 0.338 e. The maximum Gasteiger partial charge on any atom is 0.221 e. The van der Waals surface area contributed by atoms with Gasteiger partial charge in [0.25, 0.3) is 0 Å². The van der Waals surface area contributed by atoms with Gasteiger partial charge in [0.1, 0.15) is 5.54 Å². The number of hydrogen-bond acceptors (Lipinski definition) is 3. The Labute approximate surface area is 115 Å². The fourth-order valence-electron chi connectivity index (χ4n) is 1.85. The number of nitriles is 1. The van der Waals surface area contributed by atoms with E-state index in [4.69, 9.17) is 5.26 Å². The smallest absolute Gasteiger partial charge is 0.221 e. The van der Waals surface area contributed by atoms with Gasteiger partial charge in [-0.2, -0.15) is 17.0 Å². The van der Waals surface area contributed by atoms with Crippen molar-refractivity contribution in [2.45, 2.75) is 63.7 Å². The zero-order valence-electron chi connectivity index (χ0n) is 11.9. The van der Waals surface area contributed by atoms with Gasteiger partial charge in [0.05, 0.1) is 6.07 Å². The molecule has 1 fully saturated rings. The van der Waals surface area contributed by atoms with E-state index in [1.54, 1.807) is 0 Å². The second-order valence-electron chi connectivity index (χ2n) is 6.20. The van der Waals surface area contributed by atoms with Crippen molar-refractivity contribution in [2.75, 3.05) is 5.75 Å². The van der Waals surface area contributed by atoms with Crippen LogP contribution in [0.3, 0.4) is 0 Å². The summed E-state index contributed by atoms with van der Waals surface area (Å²) in [7, 11) is 0. The average molecular weight is 268 g/mol. The Bertz CT molecular complexity index is 339. The molecular formula is C14H24N2OS. The molecule has 0 aliphatic heterocycles. The van der Waals surface area contributed by atoms with Crippen LogP contribution in [0.1, 0.15) is 53.4 Å². The molecule has 0 aromatic carbocycles. The third-order valence-corrected chi connectivity index (χ3v) is 4.47. The zero-order chi connectivity index (χ0) is 13.8. The van der Waals surface area contributed by atoms with Gasteiger partial charge in [-0.3, -0.25) is 4.79 Å². The molecule has 18 heavy (non-hydrogen) atoms. The van der Waals surface area contributed by atoms with Gasteiger partial charge in [0, 0.05) is 11.2 Å². The number of thioether (sulfide) groups is 1. The summed E-state index contributed by atoms with van der Waals surface area (Å²) in [6.07, 6.45) is 3.52. The first kappa shape index (κ1) is 15.4. The van der Waals surface area contributed by atoms with Crippen LogP contribution in [0.25, 0.3) is 0 Å². The fourth-order valence-corrected chi connectivity index (χ4v) is 2.75. The summed E-state index contributed by atoms with van der Waals surface area (Å²) in [5.41, 5.74) is -0.645. The van der Waals surface area contributed by atoms with Crippen molar-refractivity contribution >= 4 is 17.7 Å². The highest BCUT2D eigenvalue weighted by molar-refractivity contribution is 8.00. The first-order valence-corrected chi connectivity index (χ1v) is 7.61. The molecule has 4 heteroatoms. The number of carbonyl (C=O) groups excluding carboxylic acids is 1. The van der Waals surface area contributed by atoms with Gasteiger partial charge in [0.15, 0.2) is 0 Å². The summed E-state index contributed by atoms with van der Waals surface area (Å²) in [5.74, 6) is 1.36. The van der Waals surface area contributed by atoms with Gasteiger partial charge in [-0.15, -0.1) is 0 Å². The highest BCUT2D eigenvalue weighted by atomic mass is 32.2. The molecule has 1 rings (SSSR count). The average Bonchev–Trinajstić information content (AvgIpc) is 3.07. The van der Waals surface area contributed by atoms with E-state index in [-0.39, 0.29) is 10.7 Å². The fraction of sp³-hybridized carbons (Fsp3) is 0.857. The molecule has 1 unspecified atom stereocenters. The van der Waals surface area contributed by atoms with Crippen molar-refractivity contribution in [1.82, 2.24) is 5.32 Å². The summed E-state index contributed by atoms with van der Waals surface area (Å²) in [6, 6.07) is 2.25. The van der Waals surface area contributed by atoms with Gasteiger partial charge in [-0.05, 0) is 37.9 Å². The van der Waals surface area contributed by atoms with Gasteiger partial charge in [-0.25, -0.2) is 0 Å². The number of hydrogen-bond donors (Lipinski definition) is 1.